The fraction of sp³-hybridized carbons (Fsp3) is 0. The van der Waals surface area contributed by atoms with Gasteiger partial charge >= 0.3 is 5.69 Å². The number of aromatic nitrogens is 4. The zero-order valence-corrected chi connectivity index (χ0v) is 10.4. The lowest BCUT2D eigenvalue weighted by Gasteiger charge is -2.00. The molecule has 1 N–H and O–H groups in total. The molecule has 2 aromatic heterocycles. The number of H-pyrrole nitrogens is 1. The van der Waals surface area contributed by atoms with Crippen LogP contribution in [0.25, 0.3) is 16.8 Å². The molecule has 0 aliphatic heterocycles. The van der Waals surface area contributed by atoms with Gasteiger partial charge in [0, 0.05) is 15.6 Å². The van der Waals surface area contributed by atoms with E-state index in [1.54, 1.807) is 24.4 Å². The van der Waals surface area contributed by atoms with Gasteiger partial charge in [-0.25, -0.2) is 9.78 Å². The molecule has 7 heteroatoms. The van der Waals surface area contributed by atoms with Crippen molar-refractivity contribution >= 4 is 28.8 Å². The Balaban J connectivity index is 2.32. The molecule has 90 valence electrons. The number of hydrogen-bond donors (Lipinski definition) is 1. The van der Waals surface area contributed by atoms with E-state index in [-0.39, 0.29) is 5.69 Å². The Morgan fingerprint density at radius 3 is 2.61 bits per heavy atom. The molecule has 0 amide bonds. The van der Waals surface area contributed by atoms with Gasteiger partial charge in [0.15, 0.2) is 5.65 Å². The van der Waals surface area contributed by atoms with E-state index in [1.165, 1.54) is 10.8 Å². The van der Waals surface area contributed by atoms with Gasteiger partial charge in [-0.2, -0.15) is 9.61 Å². The molecule has 0 fully saturated rings. The minimum Gasteiger partial charge on any atom is -0.296 e. The first-order valence-electron chi connectivity index (χ1n) is 5.03. The van der Waals surface area contributed by atoms with Crippen molar-refractivity contribution in [1.82, 2.24) is 19.6 Å². The number of nitrogens with zero attached hydrogens (tertiary/aromatic N) is 3. The third-order valence-corrected chi connectivity index (χ3v) is 2.92. The lowest BCUT2D eigenvalue weighted by molar-refractivity contribution is 0.840. The van der Waals surface area contributed by atoms with Crippen molar-refractivity contribution in [2.75, 3.05) is 0 Å². The molecule has 0 bridgehead atoms. The lowest BCUT2D eigenvalue weighted by atomic mass is 10.1. The number of halogens is 2. The minimum absolute atomic E-state index is 0.348. The summed E-state index contributed by atoms with van der Waals surface area (Å²) in [5.41, 5.74) is 1.57. The molecular formula is C11H6Cl2N4O. The van der Waals surface area contributed by atoms with Crippen molar-refractivity contribution in [2.45, 2.75) is 0 Å². The highest BCUT2D eigenvalue weighted by molar-refractivity contribution is 6.35. The Morgan fingerprint density at radius 1 is 1.17 bits per heavy atom. The van der Waals surface area contributed by atoms with Crippen LogP contribution in [0.4, 0.5) is 0 Å². The topological polar surface area (TPSA) is 63.0 Å². The molecule has 3 aromatic rings. The molecule has 0 aliphatic rings. The normalized spacial score (nSPS) is 11.0. The van der Waals surface area contributed by atoms with Gasteiger partial charge in [0.2, 0.25) is 0 Å². The van der Waals surface area contributed by atoms with Gasteiger partial charge in [-0.3, -0.25) is 4.98 Å². The van der Waals surface area contributed by atoms with Crippen LogP contribution in [-0.2, 0) is 0 Å². The van der Waals surface area contributed by atoms with E-state index in [9.17, 15) is 4.79 Å². The summed E-state index contributed by atoms with van der Waals surface area (Å²) in [6.07, 6.45) is 2.88. The second-order valence-corrected chi connectivity index (χ2v) is 4.53. The highest BCUT2D eigenvalue weighted by Gasteiger charge is 2.10. The van der Waals surface area contributed by atoms with Gasteiger partial charge < -0.3 is 0 Å². The Labute approximate surface area is 111 Å². The summed E-state index contributed by atoms with van der Waals surface area (Å²) in [5.74, 6) is 0. The van der Waals surface area contributed by atoms with Crippen LogP contribution in [0.1, 0.15) is 0 Å². The molecule has 5 nitrogen and oxygen atoms in total. The van der Waals surface area contributed by atoms with E-state index in [0.717, 1.165) is 5.56 Å². The van der Waals surface area contributed by atoms with E-state index in [2.05, 4.69) is 15.1 Å². The average molecular weight is 281 g/mol. The van der Waals surface area contributed by atoms with E-state index in [0.29, 0.717) is 21.3 Å². The molecule has 0 saturated heterocycles. The second-order valence-electron chi connectivity index (χ2n) is 3.66. The Hall–Kier alpha value is -1.85. The van der Waals surface area contributed by atoms with Crippen LogP contribution in [0.3, 0.4) is 0 Å². The summed E-state index contributed by atoms with van der Waals surface area (Å²) < 4.78 is 1.18. The number of rotatable bonds is 1. The number of hydrogen-bond acceptors (Lipinski definition) is 3. The van der Waals surface area contributed by atoms with Crippen molar-refractivity contribution in [3.63, 3.8) is 0 Å². The van der Waals surface area contributed by atoms with Crippen LogP contribution in [0, 0.1) is 0 Å². The first-order valence-corrected chi connectivity index (χ1v) is 5.78. The van der Waals surface area contributed by atoms with E-state index >= 15 is 0 Å². The monoisotopic (exact) mass is 280 g/mol. The van der Waals surface area contributed by atoms with E-state index in [1.807, 2.05) is 0 Å². The molecule has 0 aliphatic carbocycles. The smallest absolute Gasteiger partial charge is 0.296 e. The third kappa shape index (κ3) is 1.77. The fourth-order valence-electron chi connectivity index (χ4n) is 1.74. The van der Waals surface area contributed by atoms with Crippen molar-refractivity contribution in [1.29, 1.82) is 0 Å². The van der Waals surface area contributed by atoms with Crippen molar-refractivity contribution in [3.8, 4) is 11.1 Å². The maximum atomic E-state index is 11.5. The predicted molar refractivity (Wildman–Crippen MR) is 69.1 cm³/mol. The molecule has 0 saturated carbocycles. The molecule has 1 aromatic carbocycles. The lowest BCUT2D eigenvalue weighted by Crippen LogP contribution is -2.17. The Bertz CT molecular complexity index is 773. The van der Waals surface area contributed by atoms with Gasteiger partial charge in [-0.1, -0.05) is 23.2 Å². The molecule has 0 spiro atoms. The van der Waals surface area contributed by atoms with Gasteiger partial charge in [-0.15, -0.1) is 0 Å². The van der Waals surface area contributed by atoms with Crippen LogP contribution in [0.15, 0.2) is 35.5 Å². The second kappa shape index (κ2) is 4.12. The highest BCUT2D eigenvalue weighted by atomic mass is 35.5. The molecular weight excluding hydrogens is 275 g/mol. The molecule has 0 atom stereocenters. The van der Waals surface area contributed by atoms with Crippen LogP contribution in [0.5, 0.6) is 0 Å². The van der Waals surface area contributed by atoms with Crippen molar-refractivity contribution in [2.24, 2.45) is 0 Å². The van der Waals surface area contributed by atoms with Crippen molar-refractivity contribution in [3.05, 3.63) is 51.3 Å². The first kappa shape index (κ1) is 11.3. The van der Waals surface area contributed by atoms with Gasteiger partial charge in [0.1, 0.15) is 0 Å². The minimum atomic E-state index is -0.348. The number of nitrogens with one attached hydrogen (secondary N) is 1. The summed E-state index contributed by atoms with van der Waals surface area (Å²) in [6, 6.07) is 5.12. The highest BCUT2D eigenvalue weighted by Crippen LogP contribution is 2.28. The van der Waals surface area contributed by atoms with E-state index in [4.69, 9.17) is 23.2 Å². The van der Waals surface area contributed by atoms with Crippen LogP contribution in [-0.4, -0.2) is 19.6 Å². The standard InChI is InChI=1S/C11H6Cl2N4O/c12-7-1-6(2-8(13)3-7)9-4-16-17-10(9)14-5-15-11(17)18/h1-5H,(H,14,15,18). The van der Waals surface area contributed by atoms with Gasteiger partial charge in [0.25, 0.3) is 0 Å². The Kier molecular flexibility index (Phi) is 2.57. The summed E-state index contributed by atoms with van der Waals surface area (Å²) in [5, 5.41) is 5.01. The maximum absolute atomic E-state index is 11.5. The summed E-state index contributed by atoms with van der Waals surface area (Å²) in [7, 11) is 0. The quantitative estimate of drug-likeness (QED) is 0.745. The molecule has 0 unspecified atom stereocenters. The number of fused-ring (bicyclic) bond motifs is 1. The molecule has 2 heterocycles. The van der Waals surface area contributed by atoms with Crippen molar-refractivity contribution < 1.29 is 0 Å². The summed E-state index contributed by atoms with van der Waals surface area (Å²) >= 11 is 11.9. The van der Waals surface area contributed by atoms with Crippen LogP contribution >= 0.6 is 23.2 Å². The largest absolute Gasteiger partial charge is 0.349 e. The predicted octanol–water partition coefficient (Wildman–Crippen LogP) is 2.39. The van der Waals surface area contributed by atoms with Gasteiger partial charge in [0.05, 0.1) is 12.5 Å². The zero-order valence-electron chi connectivity index (χ0n) is 8.89. The SMILES string of the molecule is O=c1[nH]cnc2c(-c3cc(Cl)cc(Cl)c3)cnn12. The van der Waals surface area contributed by atoms with Gasteiger partial charge in [-0.05, 0) is 23.8 Å². The molecule has 0 radical (unpaired) electrons. The zero-order chi connectivity index (χ0) is 12.7. The first-order chi connectivity index (χ1) is 8.65. The fourth-order valence-corrected chi connectivity index (χ4v) is 2.26. The van der Waals surface area contributed by atoms with Crippen LogP contribution < -0.4 is 5.69 Å². The average Bonchev–Trinajstić information content (AvgIpc) is 2.73. The third-order valence-electron chi connectivity index (χ3n) is 2.48. The summed E-state index contributed by atoms with van der Waals surface area (Å²) in [6.45, 7) is 0. The maximum Gasteiger partial charge on any atom is 0.349 e. The number of aromatic amines is 1. The van der Waals surface area contributed by atoms with Crippen LogP contribution in [0.2, 0.25) is 10.0 Å². The van der Waals surface area contributed by atoms with E-state index < -0.39 is 0 Å². The number of benzene rings is 1. The Morgan fingerprint density at radius 2 is 1.89 bits per heavy atom. The molecule has 3 rings (SSSR count). The summed E-state index contributed by atoms with van der Waals surface area (Å²) in [4.78, 5) is 18.0. The molecule has 18 heavy (non-hydrogen) atoms.